The normalized spacial score (nSPS) is 16.2. The van der Waals surface area contributed by atoms with Gasteiger partial charge in [-0.25, -0.2) is 4.79 Å². The van der Waals surface area contributed by atoms with Crippen molar-refractivity contribution in [2.45, 2.75) is 58.0 Å². The van der Waals surface area contributed by atoms with Gasteiger partial charge in [-0.2, -0.15) is 4.98 Å². The Morgan fingerprint density at radius 2 is 1.81 bits per heavy atom. The highest BCUT2D eigenvalue weighted by Crippen LogP contribution is 2.28. The average molecular weight is 356 g/mol. The van der Waals surface area contributed by atoms with Crippen molar-refractivity contribution in [3.63, 3.8) is 0 Å². The second-order valence-corrected chi connectivity index (χ2v) is 6.67. The van der Waals surface area contributed by atoms with E-state index in [0.717, 1.165) is 18.4 Å². The highest BCUT2D eigenvalue weighted by molar-refractivity contribution is 6.06. The highest BCUT2D eigenvalue weighted by Gasteiger charge is 2.50. The summed E-state index contributed by atoms with van der Waals surface area (Å²) >= 11 is 0. The molecule has 138 valence electrons. The maximum absolute atomic E-state index is 12.9. The number of urea groups is 1. The van der Waals surface area contributed by atoms with E-state index in [0.29, 0.717) is 25.1 Å². The van der Waals surface area contributed by atoms with Gasteiger partial charge in [-0.3, -0.25) is 9.69 Å². The Morgan fingerprint density at radius 1 is 1.12 bits per heavy atom. The van der Waals surface area contributed by atoms with Crippen molar-refractivity contribution in [2.24, 2.45) is 0 Å². The van der Waals surface area contributed by atoms with Gasteiger partial charge in [-0.05, 0) is 18.4 Å². The number of nitrogens with zero attached hydrogens (tertiary/aromatic N) is 3. The molecule has 7 nitrogen and oxygen atoms in total. The third-order valence-electron chi connectivity index (χ3n) is 4.61. The molecule has 0 radical (unpaired) electrons. The molecular weight excluding hydrogens is 332 g/mol. The molecule has 3 rings (SSSR count). The zero-order valence-electron chi connectivity index (χ0n) is 15.2. The molecule has 1 N–H and O–H groups in total. The molecule has 26 heavy (non-hydrogen) atoms. The summed E-state index contributed by atoms with van der Waals surface area (Å²) in [7, 11) is 0. The Hall–Kier alpha value is -2.70. The van der Waals surface area contributed by atoms with Crippen molar-refractivity contribution in [1.82, 2.24) is 20.4 Å². The maximum atomic E-state index is 12.9. The van der Waals surface area contributed by atoms with Crippen LogP contribution in [0.25, 0.3) is 0 Å². The van der Waals surface area contributed by atoms with Crippen molar-refractivity contribution in [1.29, 1.82) is 0 Å². The van der Waals surface area contributed by atoms with E-state index in [-0.39, 0.29) is 24.4 Å². The van der Waals surface area contributed by atoms with E-state index in [1.54, 1.807) is 0 Å². The molecule has 0 atom stereocenters. The fourth-order valence-corrected chi connectivity index (χ4v) is 3.48. The van der Waals surface area contributed by atoms with E-state index < -0.39 is 5.54 Å². The first-order valence-corrected chi connectivity index (χ1v) is 9.07. The summed E-state index contributed by atoms with van der Waals surface area (Å²) in [6.07, 6.45) is 3.44. The topological polar surface area (TPSA) is 88.3 Å². The first-order valence-electron chi connectivity index (χ1n) is 9.07. The van der Waals surface area contributed by atoms with Crippen molar-refractivity contribution in [3.05, 3.63) is 47.6 Å². The molecule has 7 heteroatoms. The predicted molar refractivity (Wildman–Crippen MR) is 95.2 cm³/mol. The molecule has 1 saturated heterocycles. The molecule has 1 aliphatic heterocycles. The van der Waals surface area contributed by atoms with Gasteiger partial charge in [-0.1, -0.05) is 62.2 Å². The summed E-state index contributed by atoms with van der Waals surface area (Å²) < 4.78 is 5.25. The molecule has 2 aromatic rings. The van der Waals surface area contributed by atoms with Crippen LogP contribution in [0, 0.1) is 0 Å². The Kier molecular flexibility index (Phi) is 5.35. The van der Waals surface area contributed by atoms with Crippen LogP contribution < -0.4 is 5.32 Å². The van der Waals surface area contributed by atoms with Crippen LogP contribution in [-0.2, 0) is 17.8 Å². The lowest BCUT2D eigenvalue weighted by Gasteiger charge is -2.25. The van der Waals surface area contributed by atoms with Gasteiger partial charge in [0.25, 0.3) is 5.91 Å². The predicted octanol–water partition coefficient (Wildman–Crippen LogP) is 3.05. The van der Waals surface area contributed by atoms with Gasteiger partial charge in [0.05, 0.1) is 0 Å². The molecular formula is C19H24N4O3. The molecule has 0 unspecified atom stereocenters. The Bertz CT molecular complexity index is 766. The number of hydrogen-bond donors (Lipinski definition) is 1. The number of carbonyl (C=O) groups is 2. The van der Waals surface area contributed by atoms with Crippen molar-refractivity contribution < 1.29 is 14.1 Å². The Labute approximate surface area is 152 Å². The smallest absolute Gasteiger partial charge is 0.325 e. The van der Waals surface area contributed by atoms with Gasteiger partial charge in [-0.15, -0.1) is 0 Å². The number of imide groups is 1. The molecule has 2 heterocycles. The number of amides is 3. The minimum absolute atomic E-state index is 0.00162. The number of benzene rings is 1. The number of carbonyl (C=O) groups excluding carboxylic acids is 2. The number of hydrogen-bond acceptors (Lipinski definition) is 5. The van der Waals surface area contributed by atoms with Crippen LogP contribution in [0.2, 0.25) is 0 Å². The molecule has 1 aromatic carbocycles. The van der Waals surface area contributed by atoms with Gasteiger partial charge in [0.15, 0.2) is 5.82 Å². The maximum Gasteiger partial charge on any atom is 0.325 e. The van der Waals surface area contributed by atoms with Crippen molar-refractivity contribution in [3.8, 4) is 0 Å². The quantitative estimate of drug-likeness (QED) is 0.735. The van der Waals surface area contributed by atoms with Crippen molar-refractivity contribution >= 4 is 11.9 Å². The van der Waals surface area contributed by atoms with E-state index in [9.17, 15) is 9.59 Å². The molecule has 1 fully saturated rings. The van der Waals surface area contributed by atoms with Gasteiger partial charge >= 0.3 is 6.03 Å². The minimum atomic E-state index is -0.798. The van der Waals surface area contributed by atoms with E-state index in [1.807, 2.05) is 44.2 Å². The van der Waals surface area contributed by atoms with Gasteiger partial charge in [0.1, 0.15) is 12.1 Å². The minimum Gasteiger partial charge on any atom is -0.337 e. The summed E-state index contributed by atoms with van der Waals surface area (Å²) in [6.45, 7) is 4.02. The first-order chi connectivity index (χ1) is 12.6. The first kappa shape index (κ1) is 18.1. The number of nitrogens with one attached hydrogen (secondary N) is 1. The van der Waals surface area contributed by atoms with Gasteiger partial charge in [0, 0.05) is 6.42 Å². The van der Waals surface area contributed by atoms with Crippen LogP contribution in [0.4, 0.5) is 4.79 Å². The average Bonchev–Trinajstić information content (AvgIpc) is 3.15. The Morgan fingerprint density at radius 3 is 2.46 bits per heavy atom. The Balaban J connectivity index is 1.71. The lowest BCUT2D eigenvalue weighted by atomic mass is 9.88. The molecule has 0 bridgehead atoms. The van der Waals surface area contributed by atoms with Crippen LogP contribution in [0.3, 0.4) is 0 Å². The number of aromatic nitrogens is 2. The summed E-state index contributed by atoms with van der Waals surface area (Å²) in [5.41, 5.74) is 0.271. The van der Waals surface area contributed by atoms with Crippen LogP contribution >= 0.6 is 0 Å². The third kappa shape index (κ3) is 3.61. The zero-order chi connectivity index (χ0) is 18.6. The van der Waals surface area contributed by atoms with E-state index in [2.05, 4.69) is 15.5 Å². The number of rotatable bonds is 8. The lowest BCUT2D eigenvalue weighted by Crippen LogP contribution is -2.46. The highest BCUT2D eigenvalue weighted by atomic mass is 16.5. The largest absolute Gasteiger partial charge is 0.337 e. The molecule has 1 aromatic heterocycles. The van der Waals surface area contributed by atoms with Crippen LogP contribution in [0.5, 0.6) is 0 Å². The van der Waals surface area contributed by atoms with Gasteiger partial charge < -0.3 is 9.84 Å². The van der Waals surface area contributed by atoms with Crippen molar-refractivity contribution in [2.75, 3.05) is 0 Å². The second kappa shape index (κ2) is 7.68. The zero-order valence-corrected chi connectivity index (χ0v) is 15.2. The van der Waals surface area contributed by atoms with Crippen LogP contribution in [0.1, 0.15) is 56.8 Å². The fourth-order valence-electron chi connectivity index (χ4n) is 3.48. The lowest BCUT2D eigenvalue weighted by molar-refractivity contribution is -0.132. The molecule has 3 amide bonds. The molecule has 0 spiro atoms. The molecule has 0 aliphatic carbocycles. The van der Waals surface area contributed by atoms with Crippen LogP contribution in [-0.4, -0.2) is 32.5 Å². The van der Waals surface area contributed by atoms with Gasteiger partial charge in [0.2, 0.25) is 5.89 Å². The SMILES string of the molecule is CCCC1(CCC)NC(=O)N(Cc2nc(Cc3ccccc3)no2)C1=O. The standard InChI is InChI=1S/C19H24N4O3/c1-3-10-19(11-4-2)17(24)23(18(25)21-19)13-16-20-15(22-26-16)12-14-8-6-5-7-9-14/h5-9H,3-4,10-13H2,1-2H3,(H,21,25). The monoisotopic (exact) mass is 356 g/mol. The summed E-state index contributed by atoms with van der Waals surface area (Å²) in [4.78, 5) is 30.7. The van der Waals surface area contributed by atoms with E-state index >= 15 is 0 Å². The van der Waals surface area contributed by atoms with E-state index in [4.69, 9.17) is 4.52 Å². The summed E-state index contributed by atoms with van der Waals surface area (Å²) in [5, 5.41) is 6.84. The molecule has 0 saturated carbocycles. The third-order valence-corrected chi connectivity index (χ3v) is 4.61. The second-order valence-electron chi connectivity index (χ2n) is 6.67. The van der Waals surface area contributed by atoms with Crippen LogP contribution in [0.15, 0.2) is 34.9 Å². The fraction of sp³-hybridized carbons (Fsp3) is 0.474. The van der Waals surface area contributed by atoms with E-state index in [1.165, 1.54) is 4.90 Å². The summed E-state index contributed by atoms with van der Waals surface area (Å²) in [5.74, 6) is 0.601. The summed E-state index contributed by atoms with van der Waals surface area (Å²) in [6, 6.07) is 9.42. The molecule has 1 aliphatic rings.